The Morgan fingerprint density at radius 2 is 1.65 bits per heavy atom. The molecule has 0 unspecified atom stereocenters. The highest BCUT2D eigenvalue weighted by Crippen LogP contribution is 2.33. The van der Waals surface area contributed by atoms with Gasteiger partial charge in [-0.05, 0) is 67.9 Å². The van der Waals surface area contributed by atoms with Gasteiger partial charge in [0, 0.05) is 61.5 Å². The van der Waals surface area contributed by atoms with E-state index in [1.165, 1.54) is 25.3 Å². The average Bonchev–Trinajstić information content (AvgIpc) is 3.50. The lowest BCUT2D eigenvalue weighted by Crippen LogP contribution is -2.47. The summed E-state index contributed by atoms with van der Waals surface area (Å²) in [5.41, 5.74) is 3.37. The molecule has 1 saturated carbocycles. The average molecular weight is 462 g/mol. The van der Waals surface area contributed by atoms with E-state index in [0.29, 0.717) is 17.2 Å². The highest BCUT2D eigenvalue weighted by Gasteiger charge is 2.37. The molecule has 6 heteroatoms. The summed E-state index contributed by atoms with van der Waals surface area (Å²) in [7, 11) is 0. The van der Waals surface area contributed by atoms with Crippen molar-refractivity contribution in [2.75, 3.05) is 32.7 Å². The molecule has 4 aliphatic rings. The van der Waals surface area contributed by atoms with Crippen LogP contribution in [0.3, 0.4) is 0 Å². The fourth-order valence-corrected chi connectivity index (χ4v) is 6.11. The van der Waals surface area contributed by atoms with Crippen LogP contribution in [-0.2, 0) is 6.42 Å². The van der Waals surface area contributed by atoms with Crippen LogP contribution in [0.1, 0.15) is 64.8 Å². The smallest absolute Gasteiger partial charge is 0.254 e. The first-order valence-corrected chi connectivity index (χ1v) is 12.9. The van der Waals surface area contributed by atoms with Gasteiger partial charge in [-0.25, -0.2) is 4.39 Å². The van der Waals surface area contributed by atoms with E-state index in [9.17, 15) is 9.59 Å². The maximum Gasteiger partial charge on any atom is 0.254 e. The standard InChI is InChI=1S/C28H32FN3O2/c29-26-17-21(27(33)30-12-1-2-13-30)7-8-24(26)19-6-9-25-20(16-19)10-15-32(28(25)34)23-11-14-31(18-23)22-4-3-5-22/h6-9,16-17,22-23H,1-5,10-15,18H2/t23-/m1/s1. The molecular formula is C28H32FN3O2. The van der Waals surface area contributed by atoms with E-state index in [1.54, 1.807) is 17.0 Å². The predicted octanol–water partition coefficient (Wildman–Crippen LogP) is 4.35. The molecule has 178 valence electrons. The lowest BCUT2D eigenvalue weighted by atomic mass is 9.91. The Kier molecular flexibility index (Phi) is 5.64. The van der Waals surface area contributed by atoms with E-state index >= 15 is 4.39 Å². The third-order valence-corrected chi connectivity index (χ3v) is 8.37. The monoisotopic (exact) mass is 461 g/mol. The minimum Gasteiger partial charge on any atom is -0.339 e. The van der Waals surface area contributed by atoms with Gasteiger partial charge in [-0.2, -0.15) is 0 Å². The third-order valence-electron chi connectivity index (χ3n) is 8.37. The van der Waals surface area contributed by atoms with Gasteiger partial charge in [-0.3, -0.25) is 14.5 Å². The zero-order valence-corrected chi connectivity index (χ0v) is 19.6. The lowest BCUT2D eigenvalue weighted by molar-refractivity contribution is 0.0646. The zero-order valence-electron chi connectivity index (χ0n) is 19.6. The molecule has 0 spiro atoms. The Bertz CT molecular complexity index is 1120. The van der Waals surface area contributed by atoms with E-state index in [1.807, 2.05) is 18.2 Å². The molecule has 6 rings (SSSR count). The number of benzene rings is 2. The molecule has 2 amide bonds. The van der Waals surface area contributed by atoms with E-state index in [4.69, 9.17) is 0 Å². The summed E-state index contributed by atoms with van der Waals surface area (Å²) >= 11 is 0. The molecule has 0 radical (unpaired) electrons. The third kappa shape index (κ3) is 3.82. The topological polar surface area (TPSA) is 43.9 Å². The van der Waals surface area contributed by atoms with Crippen LogP contribution in [0.15, 0.2) is 36.4 Å². The van der Waals surface area contributed by atoms with Gasteiger partial charge >= 0.3 is 0 Å². The van der Waals surface area contributed by atoms with Crippen molar-refractivity contribution in [2.24, 2.45) is 0 Å². The lowest BCUT2D eigenvalue weighted by Gasteiger charge is -2.37. The normalized spacial score (nSPS) is 23.3. The summed E-state index contributed by atoms with van der Waals surface area (Å²) in [6.45, 7) is 4.32. The van der Waals surface area contributed by atoms with Crippen molar-refractivity contribution in [3.05, 3.63) is 58.9 Å². The summed E-state index contributed by atoms with van der Waals surface area (Å²) in [4.78, 5) is 32.4. The molecule has 0 bridgehead atoms. The number of fused-ring (bicyclic) bond motifs is 1. The van der Waals surface area contributed by atoms with Crippen molar-refractivity contribution in [1.29, 1.82) is 0 Å². The van der Waals surface area contributed by atoms with Gasteiger partial charge in [0.2, 0.25) is 0 Å². The van der Waals surface area contributed by atoms with Crippen LogP contribution in [0.4, 0.5) is 4.39 Å². The number of carbonyl (C=O) groups is 2. The van der Waals surface area contributed by atoms with E-state index in [-0.39, 0.29) is 11.8 Å². The molecule has 2 aromatic rings. The number of hydrogen-bond acceptors (Lipinski definition) is 3. The van der Waals surface area contributed by atoms with Gasteiger partial charge in [0.1, 0.15) is 5.82 Å². The Labute approximate surface area is 200 Å². The first-order chi connectivity index (χ1) is 16.6. The molecule has 3 fully saturated rings. The number of amides is 2. The molecule has 3 heterocycles. The van der Waals surface area contributed by atoms with Gasteiger partial charge in [0.05, 0.1) is 0 Å². The highest BCUT2D eigenvalue weighted by atomic mass is 19.1. The van der Waals surface area contributed by atoms with Gasteiger partial charge < -0.3 is 9.80 Å². The van der Waals surface area contributed by atoms with Crippen LogP contribution >= 0.6 is 0 Å². The molecule has 2 saturated heterocycles. The Balaban J connectivity index is 1.18. The minimum atomic E-state index is -0.393. The Morgan fingerprint density at radius 1 is 0.853 bits per heavy atom. The van der Waals surface area contributed by atoms with Gasteiger partial charge in [0.25, 0.3) is 11.8 Å². The van der Waals surface area contributed by atoms with Crippen LogP contribution in [0.2, 0.25) is 0 Å². The summed E-state index contributed by atoms with van der Waals surface area (Å²) in [6.07, 6.45) is 7.81. The SMILES string of the molecule is O=C(c1ccc(-c2ccc3c(c2)CCN([C@@H]2CCN(C4CCC4)C2)C3=O)c(F)c1)N1CCCC1. The van der Waals surface area contributed by atoms with Crippen molar-refractivity contribution in [1.82, 2.24) is 14.7 Å². The van der Waals surface area contributed by atoms with Crippen molar-refractivity contribution in [3.63, 3.8) is 0 Å². The summed E-state index contributed by atoms with van der Waals surface area (Å²) in [5, 5.41) is 0. The van der Waals surface area contributed by atoms with Crippen LogP contribution < -0.4 is 0 Å². The van der Waals surface area contributed by atoms with Crippen LogP contribution in [0.25, 0.3) is 11.1 Å². The number of carbonyl (C=O) groups excluding carboxylic acids is 2. The van der Waals surface area contributed by atoms with Crippen LogP contribution in [0, 0.1) is 5.82 Å². The minimum absolute atomic E-state index is 0.0955. The van der Waals surface area contributed by atoms with E-state index in [0.717, 1.165) is 81.1 Å². The van der Waals surface area contributed by atoms with Crippen LogP contribution in [-0.4, -0.2) is 71.3 Å². The second-order valence-corrected chi connectivity index (χ2v) is 10.3. The molecular weight excluding hydrogens is 429 g/mol. The number of nitrogens with zero attached hydrogens (tertiary/aromatic N) is 3. The molecule has 1 atom stereocenters. The molecule has 5 nitrogen and oxygen atoms in total. The fraction of sp³-hybridized carbons (Fsp3) is 0.500. The van der Waals surface area contributed by atoms with Crippen molar-refractivity contribution in [3.8, 4) is 11.1 Å². The number of likely N-dealkylation sites (tertiary alicyclic amines) is 2. The Hall–Kier alpha value is -2.73. The van der Waals surface area contributed by atoms with Gasteiger partial charge in [-0.15, -0.1) is 0 Å². The highest BCUT2D eigenvalue weighted by molar-refractivity contribution is 5.98. The first kappa shape index (κ1) is 21.8. The predicted molar refractivity (Wildman–Crippen MR) is 129 cm³/mol. The number of rotatable bonds is 4. The summed E-state index contributed by atoms with van der Waals surface area (Å²) in [5.74, 6) is -0.377. The van der Waals surface area contributed by atoms with E-state index in [2.05, 4.69) is 9.80 Å². The first-order valence-electron chi connectivity index (χ1n) is 12.9. The summed E-state index contributed by atoms with van der Waals surface area (Å²) < 4.78 is 15.0. The Morgan fingerprint density at radius 3 is 2.38 bits per heavy atom. The zero-order chi connectivity index (χ0) is 23.2. The molecule has 1 aliphatic carbocycles. The van der Waals surface area contributed by atoms with E-state index < -0.39 is 5.82 Å². The largest absolute Gasteiger partial charge is 0.339 e. The van der Waals surface area contributed by atoms with Crippen LogP contribution in [0.5, 0.6) is 0 Å². The van der Waals surface area contributed by atoms with Gasteiger partial charge in [0.15, 0.2) is 0 Å². The molecule has 2 aromatic carbocycles. The number of hydrogen-bond donors (Lipinski definition) is 0. The fourth-order valence-electron chi connectivity index (χ4n) is 6.11. The second-order valence-electron chi connectivity index (χ2n) is 10.3. The quantitative estimate of drug-likeness (QED) is 0.680. The number of halogens is 1. The molecule has 0 N–H and O–H groups in total. The summed E-state index contributed by atoms with van der Waals surface area (Å²) in [6, 6.07) is 11.5. The van der Waals surface area contributed by atoms with Crippen molar-refractivity contribution in [2.45, 2.75) is 57.0 Å². The van der Waals surface area contributed by atoms with Gasteiger partial charge in [-0.1, -0.05) is 24.6 Å². The molecule has 34 heavy (non-hydrogen) atoms. The second kappa shape index (κ2) is 8.81. The van der Waals surface area contributed by atoms with Crippen molar-refractivity contribution < 1.29 is 14.0 Å². The maximum absolute atomic E-state index is 15.0. The molecule has 0 aromatic heterocycles. The van der Waals surface area contributed by atoms with Crippen molar-refractivity contribution >= 4 is 11.8 Å². The molecule has 3 aliphatic heterocycles. The maximum atomic E-state index is 15.0.